The zero-order valence-corrected chi connectivity index (χ0v) is 21.7. The second kappa shape index (κ2) is 11.6. The number of carbonyl (C=O) groups excluding carboxylic acids is 2. The molecule has 3 aromatic rings. The number of benzene rings is 3. The number of nitriles is 1. The fourth-order valence-electron chi connectivity index (χ4n) is 3.08. The van der Waals surface area contributed by atoms with Gasteiger partial charge in [0, 0.05) is 21.4 Å². The first-order valence-corrected chi connectivity index (χ1v) is 11.8. The van der Waals surface area contributed by atoms with E-state index in [1.165, 1.54) is 6.08 Å². The summed E-state index contributed by atoms with van der Waals surface area (Å²) in [4.78, 5) is 25.2. The molecule has 0 atom stereocenters. The van der Waals surface area contributed by atoms with Crippen LogP contribution in [0.15, 0.2) is 75.2 Å². The van der Waals surface area contributed by atoms with Crippen molar-refractivity contribution in [2.45, 2.75) is 13.8 Å². The minimum absolute atomic E-state index is 0.109. The Hall–Kier alpha value is -3.41. The molecule has 0 saturated carbocycles. The number of hydrogen-bond acceptors (Lipinski definition) is 4. The van der Waals surface area contributed by atoms with Crippen molar-refractivity contribution in [1.29, 1.82) is 5.26 Å². The Morgan fingerprint density at radius 2 is 1.56 bits per heavy atom. The molecule has 2 N–H and O–H groups in total. The van der Waals surface area contributed by atoms with Crippen LogP contribution in [0.4, 0.5) is 11.4 Å². The van der Waals surface area contributed by atoms with Crippen molar-refractivity contribution in [2.75, 3.05) is 17.2 Å². The lowest BCUT2D eigenvalue weighted by Crippen LogP contribution is -2.21. The van der Waals surface area contributed by atoms with Gasteiger partial charge in [-0.3, -0.25) is 9.59 Å². The number of carbonyl (C=O) groups is 2. The van der Waals surface area contributed by atoms with Crippen molar-refractivity contribution in [1.82, 2.24) is 0 Å². The molecule has 0 unspecified atom stereocenters. The number of halogens is 2. The van der Waals surface area contributed by atoms with Crippen LogP contribution in [0, 0.1) is 25.2 Å². The number of nitrogens with one attached hydrogen (secondary N) is 2. The van der Waals surface area contributed by atoms with Crippen molar-refractivity contribution in [3.63, 3.8) is 0 Å². The van der Waals surface area contributed by atoms with Gasteiger partial charge in [-0.05, 0) is 71.2 Å². The molecule has 0 spiro atoms. The fraction of sp³-hybridized carbons (Fsp3) is 0.115. The van der Waals surface area contributed by atoms with E-state index in [1.54, 1.807) is 24.3 Å². The summed E-state index contributed by atoms with van der Waals surface area (Å²) >= 11 is 6.85. The third kappa shape index (κ3) is 6.56. The summed E-state index contributed by atoms with van der Waals surface area (Å²) in [6, 6.07) is 20.1. The molecular formula is C26H21Br2N3O3. The van der Waals surface area contributed by atoms with Crippen LogP contribution in [-0.4, -0.2) is 18.4 Å². The van der Waals surface area contributed by atoms with Crippen molar-refractivity contribution in [3.05, 3.63) is 91.9 Å². The molecule has 0 heterocycles. The van der Waals surface area contributed by atoms with Crippen molar-refractivity contribution in [3.8, 4) is 11.8 Å². The number of para-hydroxylation sites is 2. The Kier molecular flexibility index (Phi) is 8.63. The van der Waals surface area contributed by atoms with E-state index in [0.29, 0.717) is 31.6 Å². The molecule has 6 nitrogen and oxygen atoms in total. The van der Waals surface area contributed by atoms with Crippen LogP contribution < -0.4 is 15.4 Å². The first-order chi connectivity index (χ1) is 16.3. The van der Waals surface area contributed by atoms with Crippen molar-refractivity contribution < 1.29 is 14.3 Å². The highest BCUT2D eigenvalue weighted by atomic mass is 79.9. The predicted molar refractivity (Wildman–Crippen MR) is 141 cm³/mol. The van der Waals surface area contributed by atoms with Gasteiger partial charge < -0.3 is 15.4 Å². The molecule has 172 valence electrons. The first-order valence-electron chi connectivity index (χ1n) is 10.2. The summed E-state index contributed by atoms with van der Waals surface area (Å²) in [6.45, 7) is 3.51. The predicted octanol–water partition coefficient (Wildman–Crippen LogP) is 6.39. The number of anilines is 2. The number of amides is 2. The number of hydrogen-bond donors (Lipinski definition) is 2. The molecule has 8 heteroatoms. The molecule has 0 fully saturated rings. The lowest BCUT2D eigenvalue weighted by atomic mass is 10.1. The molecular weight excluding hydrogens is 562 g/mol. The third-order valence-electron chi connectivity index (χ3n) is 4.86. The summed E-state index contributed by atoms with van der Waals surface area (Å²) in [5.74, 6) is -0.549. The first kappa shape index (κ1) is 25.2. The van der Waals surface area contributed by atoms with Gasteiger partial charge in [0.05, 0.1) is 4.47 Å². The average molecular weight is 583 g/mol. The molecule has 0 radical (unpaired) electrons. The summed E-state index contributed by atoms with van der Waals surface area (Å²) < 4.78 is 7.06. The molecule has 0 bridgehead atoms. The van der Waals surface area contributed by atoms with E-state index in [-0.39, 0.29) is 18.1 Å². The van der Waals surface area contributed by atoms with Crippen LogP contribution in [0.3, 0.4) is 0 Å². The van der Waals surface area contributed by atoms with E-state index in [9.17, 15) is 14.9 Å². The van der Waals surface area contributed by atoms with Gasteiger partial charge in [-0.2, -0.15) is 5.26 Å². The maximum atomic E-state index is 12.8. The normalized spacial score (nSPS) is 10.9. The van der Waals surface area contributed by atoms with Crippen LogP contribution in [0.1, 0.15) is 16.7 Å². The van der Waals surface area contributed by atoms with E-state index in [0.717, 1.165) is 11.1 Å². The van der Waals surface area contributed by atoms with E-state index in [2.05, 4.69) is 42.5 Å². The molecule has 34 heavy (non-hydrogen) atoms. The summed E-state index contributed by atoms with van der Waals surface area (Å²) in [6.07, 6.45) is 1.43. The summed E-state index contributed by atoms with van der Waals surface area (Å²) in [5.41, 5.74) is 3.48. The number of ether oxygens (including phenoxy) is 1. The maximum absolute atomic E-state index is 12.8. The SMILES string of the molecule is Cc1ccccc1NC(=O)COc1c(Br)cc(Br)cc1/C=C(/C#N)C(=O)Nc1ccccc1C. The van der Waals surface area contributed by atoms with Crippen molar-refractivity contribution >= 4 is 61.1 Å². The molecule has 0 aliphatic carbocycles. The zero-order valence-electron chi connectivity index (χ0n) is 18.5. The molecule has 0 aliphatic rings. The summed E-state index contributed by atoms with van der Waals surface area (Å²) in [7, 11) is 0. The number of aryl methyl sites for hydroxylation is 2. The van der Waals surface area contributed by atoms with Crippen LogP contribution in [0.2, 0.25) is 0 Å². The van der Waals surface area contributed by atoms with Crippen molar-refractivity contribution in [2.24, 2.45) is 0 Å². The summed E-state index contributed by atoms with van der Waals surface area (Å²) in [5, 5.41) is 15.2. The number of nitrogens with zero attached hydrogens (tertiary/aromatic N) is 1. The topological polar surface area (TPSA) is 91.2 Å². The van der Waals surface area contributed by atoms with Gasteiger partial charge in [0.25, 0.3) is 11.8 Å². The monoisotopic (exact) mass is 581 g/mol. The number of rotatable bonds is 7. The van der Waals surface area contributed by atoms with Gasteiger partial charge in [-0.25, -0.2) is 0 Å². The van der Waals surface area contributed by atoms with Gasteiger partial charge in [0.1, 0.15) is 17.4 Å². The van der Waals surface area contributed by atoms with Gasteiger partial charge in [-0.1, -0.05) is 52.3 Å². The minimum atomic E-state index is -0.545. The zero-order chi connectivity index (χ0) is 24.7. The largest absolute Gasteiger partial charge is 0.482 e. The highest BCUT2D eigenvalue weighted by Crippen LogP contribution is 2.34. The Balaban J connectivity index is 1.82. The highest BCUT2D eigenvalue weighted by Gasteiger charge is 2.16. The van der Waals surface area contributed by atoms with E-state index < -0.39 is 5.91 Å². The van der Waals surface area contributed by atoms with Gasteiger partial charge in [0.2, 0.25) is 0 Å². The van der Waals surface area contributed by atoms with Crippen LogP contribution >= 0.6 is 31.9 Å². The smallest absolute Gasteiger partial charge is 0.266 e. The van der Waals surface area contributed by atoms with E-state index in [1.807, 2.05) is 56.3 Å². The lowest BCUT2D eigenvalue weighted by molar-refractivity contribution is -0.118. The lowest BCUT2D eigenvalue weighted by Gasteiger charge is -2.14. The fourth-order valence-corrected chi connectivity index (χ4v) is 4.46. The maximum Gasteiger partial charge on any atom is 0.266 e. The third-order valence-corrected chi connectivity index (χ3v) is 5.91. The quantitative estimate of drug-likeness (QED) is 0.249. The molecule has 3 aromatic carbocycles. The molecule has 0 aromatic heterocycles. The average Bonchev–Trinajstić information content (AvgIpc) is 2.79. The Morgan fingerprint density at radius 3 is 2.15 bits per heavy atom. The molecule has 2 amide bonds. The minimum Gasteiger partial charge on any atom is -0.482 e. The Morgan fingerprint density at radius 1 is 0.971 bits per heavy atom. The van der Waals surface area contributed by atoms with Gasteiger partial charge >= 0.3 is 0 Å². The van der Waals surface area contributed by atoms with Gasteiger partial charge in [-0.15, -0.1) is 0 Å². The standard InChI is InChI=1S/C26H21Br2N3O3/c1-16-7-3-5-9-22(16)30-24(32)15-34-25-18(12-20(27)13-21(25)28)11-19(14-29)26(33)31-23-10-6-4-8-17(23)2/h3-13H,15H2,1-2H3,(H,30,32)(H,31,33)/b19-11-. The second-order valence-corrected chi connectivity index (χ2v) is 9.17. The van der Waals surface area contributed by atoms with E-state index >= 15 is 0 Å². The molecule has 0 aliphatic heterocycles. The molecule has 0 saturated heterocycles. The Labute approximate surface area is 214 Å². The highest BCUT2D eigenvalue weighted by molar-refractivity contribution is 9.11. The van der Waals surface area contributed by atoms with Crippen LogP contribution in [0.5, 0.6) is 5.75 Å². The molecule has 3 rings (SSSR count). The van der Waals surface area contributed by atoms with Crippen LogP contribution in [0.25, 0.3) is 6.08 Å². The van der Waals surface area contributed by atoms with Crippen LogP contribution in [-0.2, 0) is 9.59 Å². The van der Waals surface area contributed by atoms with Gasteiger partial charge in [0.15, 0.2) is 6.61 Å². The second-order valence-electron chi connectivity index (χ2n) is 7.40. The van der Waals surface area contributed by atoms with E-state index in [4.69, 9.17) is 4.74 Å². The Bertz CT molecular complexity index is 1310.